The highest BCUT2D eigenvalue weighted by molar-refractivity contribution is 5.88. The Bertz CT molecular complexity index is 605. The molecule has 0 bridgehead atoms. The van der Waals surface area contributed by atoms with Gasteiger partial charge in [-0.3, -0.25) is 5.73 Å². The minimum absolute atomic E-state index is 0.502. The largest absolute Gasteiger partial charge is 0.275 e. The lowest BCUT2D eigenvalue weighted by Crippen LogP contribution is -2.39. The van der Waals surface area contributed by atoms with Crippen molar-refractivity contribution in [1.29, 1.82) is 0 Å². The number of hydrogen-bond acceptors (Lipinski definition) is 1. The summed E-state index contributed by atoms with van der Waals surface area (Å²) in [4.78, 5) is 0. The van der Waals surface area contributed by atoms with E-state index in [1.54, 1.807) is 0 Å². The second kappa shape index (κ2) is 3.58. The van der Waals surface area contributed by atoms with Crippen molar-refractivity contribution >= 4 is 21.8 Å². The Morgan fingerprint density at radius 3 is 1.81 bits per heavy atom. The van der Waals surface area contributed by atoms with Crippen LogP contribution in [-0.2, 0) is 6.67 Å². The van der Waals surface area contributed by atoms with Gasteiger partial charge >= 0.3 is 0 Å². The molecule has 16 heavy (non-hydrogen) atoms. The molecule has 0 atom stereocenters. The number of hydrogen-bond donors (Lipinski definition) is 1. The van der Waals surface area contributed by atoms with Gasteiger partial charge in [0.25, 0.3) is 0 Å². The first-order valence-corrected chi connectivity index (χ1v) is 5.40. The molecule has 0 unspecified atom stereocenters. The van der Waals surface area contributed by atoms with Gasteiger partial charge in [-0.15, -0.1) is 0 Å². The number of aromatic nitrogens is 1. The molecule has 0 saturated carbocycles. The highest BCUT2D eigenvalue weighted by atomic mass is 15.0. The lowest BCUT2D eigenvalue weighted by molar-refractivity contribution is -0.644. The van der Waals surface area contributed by atoms with Crippen molar-refractivity contribution in [2.24, 2.45) is 5.73 Å². The van der Waals surface area contributed by atoms with E-state index in [0.29, 0.717) is 6.67 Å². The van der Waals surface area contributed by atoms with Crippen molar-refractivity contribution in [3.63, 3.8) is 0 Å². The van der Waals surface area contributed by atoms with Crippen molar-refractivity contribution in [1.82, 2.24) is 0 Å². The van der Waals surface area contributed by atoms with Crippen LogP contribution in [0, 0.1) is 0 Å². The number of pyridine rings is 1. The minimum atomic E-state index is 0.502. The van der Waals surface area contributed by atoms with E-state index >= 15 is 0 Å². The molecule has 0 amide bonds. The first kappa shape index (κ1) is 9.31. The summed E-state index contributed by atoms with van der Waals surface area (Å²) in [6.45, 7) is 0.502. The number of para-hydroxylation sites is 2. The fourth-order valence-corrected chi connectivity index (χ4v) is 2.20. The summed E-state index contributed by atoms with van der Waals surface area (Å²) in [5, 5.41) is 2.46. The average Bonchev–Trinajstić information content (AvgIpc) is 2.36. The molecule has 0 fully saturated rings. The van der Waals surface area contributed by atoms with Crippen molar-refractivity contribution < 1.29 is 4.57 Å². The van der Waals surface area contributed by atoms with E-state index in [4.69, 9.17) is 5.73 Å². The molecule has 0 aliphatic heterocycles. The van der Waals surface area contributed by atoms with E-state index in [1.165, 1.54) is 21.8 Å². The number of fused-ring (bicyclic) bond motifs is 2. The summed E-state index contributed by atoms with van der Waals surface area (Å²) in [6, 6.07) is 18.9. The van der Waals surface area contributed by atoms with Crippen molar-refractivity contribution in [2.45, 2.75) is 6.67 Å². The molecule has 0 spiro atoms. The maximum atomic E-state index is 5.84. The third-order valence-corrected chi connectivity index (χ3v) is 2.95. The Labute approximate surface area is 93.9 Å². The van der Waals surface area contributed by atoms with Crippen LogP contribution in [0.1, 0.15) is 0 Å². The predicted molar refractivity (Wildman–Crippen MR) is 65.8 cm³/mol. The van der Waals surface area contributed by atoms with Crippen molar-refractivity contribution in [3.05, 3.63) is 54.6 Å². The molecule has 0 radical (unpaired) electrons. The number of rotatable bonds is 1. The van der Waals surface area contributed by atoms with Crippen LogP contribution in [0.2, 0.25) is 0 Å². The molecular formula is C14H13N2+. The summed E-state index contributed by atoms with van der Waals surface area (Å²) in [5.74, 6) is 0. The smallest absolute Gasteiger partial charge is 0.214 e. The molecule has 1 aromatic heterocycles. The SMILES string of the molecule is NC[n+]1c2ccccc2cc2ccccc21. The molecule has 78 valence electrons. The number of nitrogens with zero attached hydrogens (tertiary/aromatic N) is 1. The maximum Gasteiger partial charge on any atom is 0.214 e. The van der Waals surface area contributed by atoms with E-state index in [-0.39, 0.29) is 0 Å². The van der Waals surface area contributed by atoms with Crippen molar-refractivity contribution in [3.8, 4) is 0 Å². The van der Waals surface area contributed by atoms with E-state index < -0.39 is 0 Å². The van der Waals surface area contributed by atoms with E-state index in [1.807, 2.05) is 12.1 Å². The summed E-state index contributed by atoms with van der Waals surface area (Å²) >= 11 is 0. The Morgan fingerprint density at radius 1 is 0.812 bits per heavy atom. The molecular weight excluding hydrogens is 196 g/mol. The van der Waals surface area contributed by atoms with Gasteiger partial charge in [0, 0.05) is 22.9 Å². The highest BCUT2D eigenvalue weighted by Gasteiger charge is 2.11. The van der Waals surface area contributed by atoms with Gasteiger partial charge in [-0.25, -0.2) is 0 Å². The lowest BCUT2D eigenvalue weighted by Gasteiger charge is -2.03. The molecule has 0 aliphatic rings. The van der Waals surface area contributed by atoms with Gasteiger partial charge in [0.2, 0.25) is 17.7 Å². The zero-order chi connectivity index (χ0) is 11.0. The van der Waals surface area contributed by atoms with Crippen LogP contribution in [-0.4, -0.2) is 0 Å². The maximum absolute atomic E-state index is 5.84. The zero-order valence-electron chi connectivity index (χ0n) is 8.93. The fraction of sp³-hybridized carbons (Fsp3) is 0.0714. The summed E-state index contributed by atoms with van der Waals surface area (Å²) in [7, 11) is 0. The minimum Gasteiger partial charge on any atom is -0.275 e. The highest BCUT2D eigenvalue weighted by Crippen LogP contribution is 2.17. The lowest BCUT2D eigenvalue weighted by atomic mass is 10.1. The summed E-state index contributed by atoms with van der Waals surface area (Å²) < 4.78 is 2.14. The zero-order valence-corrected chi connectivity index (χ0v) is 8.93. The fourth-order valence-electron chi connectivity index (χ4n) is 2.20. The molecule has 2 aromatic carbocycles. The molecule has 3 aromatic rings. The van der Waals surface area contributed by atoms with E-state index in [0.717, 1.165) is 0 Å². The third-order valence-electron chi connectivity index (χ3n) is 2.95. The van der Waals surface area contributed by atoms with Crippen LogP contribution in [0.4, 0.5) is 0 Å². The van der Waals surface area contributed by atoms with Gasteiger partial charge in [-0.05, 0) is 18.2 Å². The third kappa shape index (κ3) is 1.27. The number of benzene rings is 2. The topological polar surface area (TPSA) is 29.9 Å². The second-order valence-corrected chi connectivity index (χ2v) is 3.87. The molecule has 0 aliphatic carbocycles. The van der Waals surface area contributed by atoms with Crippen LogP contribution in [0.5, 0.6) is 0 Å². The van der Waals surface area contributed by atoms with Gasteiger partial charge in [0.15, 0.2) is 0 Å². The Balaban J connectivity index is 2.56. The molecule has 2 N–H and O–H groups in total. The molecule has 3 rings (SSSR count). The van der Waals surface area contributed by atoms with Gasteiger partial charge in [0.05, 0.1) is 0 Å². The van der Waals surface area contributed by atoms with Gasteiger partial charge in [-0.2, -0.15) is 4.57 Å². The molecule has 1 heterocycles. The summed E-state index contributed by atoms with van der Waals surface area (Å²) in [5.41, 5.74) is 8.21. The average molecular weight is 209 g/mol. The second-order valence-electron chi connectivity index (χ2n) is 3.87. The van der Waals surface area contributed by atoms with Crippen LogP contribution in [0.15, 0.2) is 54.6 Å². The van der Waals surface area contributed by atoms with Gasteiger partial charge in [-0.1, -0.05) is 24.3 Å². The standard InChI is InChI=1S/C14H13N2/c15-10-16-13-7-3-1-5-11(13)9-12-6-2-4-8-14(12)16/h1-9H,10,15H2/q+1. The normalized spacial score (nSPS) is 11.1. The van der Waals surface area contributed by atoms with Gasteiger partial charge < -0.3 is 0 Å². The quantitative estimate of drug-likeness (QED) is 0.483. The van der Waals surface area contributed by atoms with Crippen molar-refractivity contribution in [2.75, 3.05) is 0 Å². The Hall–Kier alpha value is -1.93. The first-order chi connectivity index (χ1) is 7.90. The van der Waals surface area contributed by atoms with Gasteiger partial charge in [0.1, 0.15) is 0 Å². The van der Waals surface area contributed by atoms with E-state index in [2.05, 4.69) is 47.0 Å². The van der Waals surface area contributed by atoms with E-state index in [9.17, 15) is 0 Å². The number of nitrogens with two attached hydrogens (primary N) is 1. The first-order valence-electron chi connectivity index (χ1n) is 5.40. The predicted octanol–water partition coefficient (Wildman–Crippen LogP) is 2.20. The molecule has 0 saturated heterocycles. The van der Waals surface area contributed by atoms with Crippen LogP contribution in [0.25, 0.3) is 21.8 Å². The summed E-state index contributed by atoms with van der Waals surface area (Å²) in [6.07, 6.45) is 0. The molecule has 2 heteroatoms. The Kier molecular flexibility index (Phi) is 2.08. The monoisotopic (exact) mass is 209 g/mol. The Morgan fingerprint density at radius 2 is 1.31 bits per heavy atom. The van der Waals surface area contributed by atoms with Crippen LogP contribution in [0.3, 0.4) is 0 Å². The molecule has 2 nitrogen and oxygen atoms in total. The van der Waals surface area contributed by atoms with Crippen LogP contribution >= 0.6 is 0 Å². The van der Waals surface area contributed by atoms with Crippen LogP contribution < -0.4 is 10.3 Å².